The summed E-state index contributed by atoms with van der Waals surface area (Å²) in [5.74, 6) is 0.885. The Labute approximate surface area is 389 Å². The van der Waals surface area contributed by atoms with E-state index in [1.54, 1.807) is 0 Å². The Morgan fingerprint density at radius 3 is 1.70 bits per heavy atom. The third-order valence-electron chi connectivity index (χ3n) is 13.5. The van der Waals surface area contributed by atoms with Gasteiger partial charge in [0.1, 0.15) is 5.82 Å². The molecule has 0 bridgehead atoms. The topological polar surface area (TPSA) is 24.3 Å². The standard InChI is InChI=1S/C58H57N4.Pt/c1-38-39(2)41(4)55(42(5)40(38)3)61-31-30-60(37-61)49-33-47(57(9,10)11)32-48(34-49)58(43-20-14-12-15-21-43,44-22-16-13-17-23-44)46-26-27-51-50-24-18-19-25-52(50)62(53(51)35-46)54-36-45(28-29-59-54)56(6,7)8;/h12-33,36-37H,1-11H3;/q-3;. The van der Waals surface area contributed by atoms with Crippen molar-refractivity contribution in [2.24, 2.45) is 0 Å². The van der Waals surface area contributed by atoms with E-state index in [-0.39, 0.29) is 31.9 Å². The summed E-state index contributed by atoms with van der Waals surface area (Å²) in [7, 11) is 0. The Bertz CT molecular complexity index is 2950. The maximum absolute atomic E-state index is 5.03. The van der Waals surface area contributed by atoms with E-state index >= 15 is 0 Å². The molecule has 0 unspecified atom stereocenters. The summed E-state index contributed by atoms with van der Waals surface area (Å²) in [6.07, 6.45) is 6.31. The van der Waals surface area contributed by atoms with Gasteiger partial charge in [-0.2, -0.15) is 35.9 Å². The number of hydrogen-bond acceptors (Lipinski definition) is 3. The van der Waals surface area contributed by atoms with Crippen molar-refractivity contribution in [2.75, 3.05) is 9.80 Å². The molecule has 3 heterocycles. The Morgan fingerprint density at radius 2 is 1.08 bits per heavy atom. The van der Waals surface area contributed by atoms with Crippen LogP contribution in [0.3, 0.4) is 0 Å². The summed E-state index contributed by atoms with van der Waals surface area (Å²) in [4.78, 5) is 9.55. The third kappa shape index (κ3) is 7.45. The molecule has 1 aliphatic rings. The Kier molecular flexibility index (Phi) is 11.5. The summed E-state index contributed by atoms with van der Waals surface area (Å²) in [6.45, 7) is 27.1. The van der Waals surface area contributed by atoms with Crippen molar-refractivity contribution in [3.05, 3.63) is 220 Å². The fraction of sp³-hybridized carbons (Fsp3) is 0.241. The van der Waals surface area contributed by atoms with Crippen molar-refractivity contribution in [1.82, 2.24) is 9.55 Å². The number of pyridine rings is 1. The van der Waals surface area contributed by atoms with E-state index in [0.29, 0.717) is 0 Å². The normalized spacial score (nSPS) is 13.3. The Morgan fingerprint density at radius 1 is 0.508 bits per heavy atom. The van der Waals surface area contributed by atoms with E-state index in [2.05, 4.69) is 243 Å². The summed E-state index contributed by atoms with van der Waals surface area (Å²) in [5, 5.41) is 2.31. The van der Waals surface area contributed by atoms with Crippen LogP contribution >= 0.6 is 0 Å². The molecule has 9 rings (SSSR count). The number of fused-ring (bicyclic) bond motifs is 3. The van der Waals surface area contributed by atoms with Crippen LogP contribution in [0.1, 0.15) is 103 Å². The monoisotopic (exact) mass is 1000 g/mol. The fourth-order valence-electron chi connectivity index (χ4n) is 9.49. The quantitative estimate of drug-likeness (QED) is 0.117. The van der Waals surface area contributed by atoms with Crippen LogP contribution in [0, 0.1) is 53.4 Å². The molecule has 0 aliphatic carbocycles. The molecule has 0 amide bonds. The number of aromatic nitrogens is 2. The molecule has 0 atom stereocenters. The van der Waals surface area contributed by atoms with Gasteiger partial charge in [-0.15, -0.1) is 34.9 Å². The first-order chi connectivity index (χ1) is 29.6. The molecule has 4 nitrogen and oxygen atoms in total. The summed E-state index contributed by atoms with van der Waals surface area (Å²) in [6, 6.07) is 52.5. The number of anilines is 2. The van der Waals surface area contributed by atoms with Crippen LogP contribution in [0.5, 0.6) is 0 Å². The molecular formula is C58H57N4Pt-3. The van der Waals surface area contributed by atoms with E-state index in [0.717, 1.165) is 50.2 Å². The average Bonchev–Trinajstić information content (AvgIpc) is 3.89. The number of benzene rings is 6. The first-order valence-electron chi connectivity index (χ1n) is 21.9. The van der Waals surface area contributed by atoms with E-state index in [9.17, 15) is 0 Å². The molecule has 322 valence electrons. The van der Waals surface area contributed by atoms with Gasteiger partial charge in [-0.25, -0.2) is 4.98 Å². The SMILES string of the molecule is Cc1c(C)c(C)c(N2C=CN(c3[c-]c(C(c4[c-]c5c(cc4)c4ccccc4n5-c4cc(C(C)(C)C)ccn4)(c4ccccc4)c4ccccc4)cc(C(C)(C)C)c3)[CH-]2)c(C)c1C.[Pt]. The van der Waals surface area contributed by atoms with Gasteiger partial charge < -0.3 is 14.4 Å². The molecule has 63 heavy (non-hydrogen) atoms. The average molecular weight is 1010 g/mol. The molecule has 5 heteroatoms. The largest absolute Gasteiger partial charge is 0.500 e. The van der Waals surface area contributed by atoms with Crippen LogP contribution in [-0.2, 0) is 37.3 Å². The zero-order valence-electron chi connectivity index (χ0n) is 38.5. The Hall–Kier alpha value is -5.70. The van der Waals surface area contributed by atoms with Gasteiger partial charge in [0, 0.05) is 43.9 Å². The smallest absolute Gasteiger partial charge is 0.135 e. The van der Waals surface area contributed by atoms with Crippen molar-refractivity contribution in [2.45, 2.75) is 92.4 Å². The summed E-state index contributed by atoms with van der Waals surface area (Å²) >= 11 is 0. The molecule has 0 saturated heterocycles. The minimum Gasteiger partial charge on any atom is -0.500 e. The minimum atomic E-state index is -0.809. The van der Waals surface area contributed by atoms with Gasteiger partial charge in [0.2, 0.25) is 0 Å². The Balaban J connectivity index is 0.00000544. The predicted octanol–water partition coefficient (Wildman–Crippen LogP) is 14.2. The summed E-state index contributed by atoms with van der Waals surface area (Å²) < 4.78 is 2.31. The molecule has 0 N–H and O–H groups in total. The van der Waals surface area contributed by atoms with Crippen LogP contribution in [0.2, 0.25) is 0 Å². The van der Waals surface area contributed by atoms with Crippen LogP contribution in [0.4, 0.5) is 11.4 Å². The third-order valence-corrected chi connectivity index (χ3v) is 13.5. The van der Waals surface area contributed by atoms with Gasteiger partial charge in [-0.1, -0.05) is 126 Å². The van der Waals surface area contributed by atoms with Gasteiger partial charge in [-0.3, -0.25) is 0 Å². The maximum Gasteiger partial charge on any atom is 0.135 e. The number of para-hydroxylation sites is 1. The van der Waals surface area contributed by atoms with Crippen molar-refractivity contribution < 1.29 is 21.1 Å². The molecule has 2 aromatic heterocycles. The number of rotatable bonds is 7. The predicted molar refractivity (Wildman–Crippen MR) is 260 cm³/mol. The first kappa shape index (κ1) is 43.9. The van der Waals surface area contributed by atoms with Gasteiger partial charge in [0.25, 0.3) is 0 Å². The molecule has 0 saturated carbocycles. The zero-order chi connectivity index (χ0) is 43.7. The van der Waals surface area contributed by atoms with Gasteiger partial charge in [0.15, 0.2) is 0 Å². The molecule has 0 fully saturated rings. The van der Waals surface area contributed by atoms with Crippen molar-refractivity contribution >= 4 is 33.2 Å². The second-order valence-electron chi connectivity index (χ2n) is 19.2. The number of nitrogens with zero attached hydrogens (tertiary/aromatic N) is 4. The molecule has 0 radical (unpaired) electrons. The molecule has 1 aliphatic heterocycles. The fourth-order valence-corrected chi connectivity index (χ4v) is 9.49. The molecular weight excluding hydrogens is 948 g/mol. The second-order valence-corrected chi connectivity index (χ2v) is 19.2. The van der Waals surface area contributed by atoms with Crippen molar-refractivity contribution in [3.63, 3.8) is 0 Å². The van der Waals surface area contributed by atoms with Gasteiger partial charge >= 0.3 is 0 Å². The minimum absolute atomic E-state index is 0. The van der Waals surface area contributed by atoms with Crippen molar-refractivity contribution in [1.29, 1.82) is 0 Å². The van der Waals surface area contributed by atoms with E-state index in [1.807, 2.05) is 6.20 Å². The molecule has 0 spiro atoms. The van der Waals surface area contributed by atoms with Crippen LogP contribution in [0.15, 0.2) is 140 Å². The van der Waals surface area contributed by atoms with Gasteiger partial charge in [-0.05, 0) is 126 Å². The molecule has 8 aromatic rings. The van der Waals surface area contributed by atoms with E-state index < -0.39 is 5.41 Å². The van der Waals surface area contributed by atoms with Crippen LogP contribution in [-0.4, -0.2) is 9.55 Å². The van der Waals surface area contributed by atoms with Gasteiger partial charge in [0.05, 0.1) is 0 Å². The van der Waals surface area contributed by atoms with Crippen LogP contribution < -0.4 is 9.80 Å². The van der Waals surface area contributed by atoms with E-state index in [1.165, 1.54) is 50.0 Å². The molecule has 6 aromatic carbocycles. The first-order valence-corrected chi connectivity index (χ1v) is 21.9. The maximum atomic E-state index is 5.03. The number of hydrogen-bond donors (Lipinski definition) is 0. The summed E-state index contributed by atoms with van der Waals surface area (Å²) in [5.41, 5.74) is 16.8. The van der Waals surface area contributed by atoms with E-state index in [4.69, 9.17) is 4.98 Å². The van der Waals surface area contributed by atoms with Crippen molar-refractivity contribution in [3.8, 4) is 5.82 Å². The van der Waals surface area contributed by atoms with Crippen LogP contribution in [0.25, 0.3) is 27.6 Å². The second kappa shape index (κ2) is 16.5. The zero-order valence-corrected chi connectivity index (χ0v) is 40.7.